The average Bonchev–Trinajstić information content (AvgIpc) is 3.11. The van der Waals surface area contributed by atoms with E-state index in [0.717, 1.165) is 24.2 Å². The van der Waals surface area contributed by atoms with E-state index in [-0.39, 0.29) is 24.5 Å². The molecule has 1 heterocycles. The van der Waals surface area contributed by atoms with Gasteiger partial charge in [-0.25, -0.2) is 0 Å². The number of rotatable bonds is 12. The van der Waals surface area contributed by atoms with Gasteiger partial charge in [0.05, 0.1) is 31.4 Å². The van der Waals surface area contributed by atoms with Crippen molar-refractivity contribution in [1.82, 2.24) is 4.90 Å². The standard InChI is InChI=1S/C29H37NO6/c1-6-7-15-35-23-11-8-21(9-12-23)26-25(28(32)29(33)30(26)14-16-34-5)27(31)22-10-13-24(20(4)17-22)36-18-19(2)3/h8-13,17,19,26,31H,6-7,14-16,18H2,1-5H3/b27-25-. The van der Waals surface area contributed by atoms with Crippen molar-refractivity contribution >= 4 is 17.4 Å². The molecule has 194 valence electrons. The van der Waals surface area contributed by atoms with Crippen molar-refractivity contribution in [2.24, 2.45) is 5.92 Å². The van der Waals surface area contributed by atoms with Crippen LogP contribution in [0.1, 0.15) is 56.3 Å². The number of nitrogens with zero attached hydrogens (tertiary/aromatic N) is 1. The predicted molar refractivity (Wildman–Crippen MR) is 139 cm³/mol. The summed E-state index contributed by atoms with van der Waals surface area (Å²) in [4.78, 5) is 27.6. The largest absolute Gasteiger partial charge is 0.507 e. The Morgan fingerprint density at radius 2 is 1.78 bits per heavy atom. The molecule has 1 unspecified atom stereocenters. The van der Waals surface area contributed by atoms with E-state index in [4.69, 9.17) is 14.2 Å². The Labute approximate surface area is 213 Å². The number of hydrogen-bond donors (Lipinski definition) is 1. The SMILES string of the molecule is CCCCOc1ccc(C2/C(=C(/O)c3ccc(OCC(C)C)c(C)c3)C(=O)C(=O)N2CCOC)cc1. The van der Waals surface area contributed by atoms with Crippen LogP contribution in [0.25, 0.3) is 5.76 Å². The molecular formula is C29H37NO6. The summed E-state index contributed by atoms with van der Waals surface area (Å²) in [6, 6.07) is 11.8. The van der Waals surface area contributed by atoms with Gasteiger partial charge in [0.1, 0.15) is 17.3 Å². The fourth-order valence-corrected chi connectivity index (χ4v) is 4.10. The Morgan fingerprint density at radius 1 is 1.06 bits per heavy atom. The van der Waals surface area contributed by atoms with Crippen molar-refractivity contribution in [2.45, 2.75) is 46.6 Å². The topological polar surface area (TPSA) is 85.3 Å². The molecule has 0 bridgehead atoms. The summed E-state index contributed by atoms with van der Waals surface area (Å²) < 4.78 is 16.8. The smallest absolute Gasteiger partial charge is 0.295 e. The maximum atomic E-state index is 13.1. The Kier molecular flexibility index (Phi) is 9.53. The highest BCUT2D eigenvalue weighted by Crippen LogP contribution is 2.40. The molecule has 1 fully saturated rings. The summed E-state index contributed by atoms with van der Waals surface area (Å²) in [7, 11) is 1.54. The van der Waals surface area contributed by atoms with Gasteiger partial charge >= 0.3 is 0 Å². The van der Waals surface area contributed by atoms with Crippen LogP contribution < -0.4 is 9.47 Å². The minimum absolute atomic E-state index is 0.0611. The number of amides is 1. The molecule has 7 heteroatoms. The van der Waals surface area contributed by atoms with E-state index in [1.165, 1.54) is 4.90 Å². The molecule has 1 N–H and O–H groups in total. The molecule has 0 aliphatic carbocycles. The van der Waals surface area contributed by atoms with E-state index >= 15 is 0 Å². The zero-order chi connectivity index (χ0) is 26.2. The number of likely N-dealkylation sites (tertiary alicyclic amines) is 1. The van der Waals surface area contributed by atoms with E-state index in [1.807, 2.05) is 31.2 Å². The number of ether oxygens (including phenoxy) is 3. The van der Waals surface area contributed by atoms with E-state index in [1.54, 1.807) is 25.3 Å². The zero-order valence-electron chi connectivity index (χ0n) is 21.9. The summed E-state index contributed by atoms with van der Waals surface area (Å²) in [5.74, 6) is 0.235. The average molecular weight is 496 g/mol. The van der Waals surface area contributed by atoms with Crippen LogP contribution in [0.4, 0.5) is 0 Å². The molecule has 1 amide bonds. The van der Waals surface area contributed by atoms with Crippen LogP contribution in [0.15, 0.2) is 48.0 Å². The van der Waals surface area contributed by atoms with Crippen LogP contribution in [0.3, 0.4) is 0 Å². The van der Waals surface area contributed by atoms with Gasteiger partial charge in [0.15, 0.2) is 0 Å². The van der Waals surface area contributed by atoms with Gasteiger partial charge in [-0.3, -0.25) is 9.59 Å². The number of benzene rings is 2. The third-order valence-corrected chi connectivity index (χ3v) is 6.06. The van der Waals surface area contributed by atoms with Crippen LogP contribution in [-0.4, -0.2) is 55.2 Å². The van der Waals surface area contributed by atoms with Crippen LogP contribution >= 0.6 is 0 Å². The molecule has 2 aromatic carbocycles. The van der Waals surface area contributed by atoms with Gasteiger partial charge in [-0.2, -0.15) is 0 Å². The lowest BCUT2D eigenvalue weighted by Gasteiger charge is -2.25. The second-order valence-electron chi connectivity index (χ2n) is 9.44. The van der Waals surface area contributed by atoms with E-state index in [9.17, 15) is 14.7 Å². The van der Waals surface area contributed by atoms with Crippen molar-refractivity contribution in [2.75, 3.05) is 33.5 Å². The van der Waals surface area contributed by atoms with Gasteiger partial charge in [0.2, 0.25) is 0 Å². The molecule has 0 aromatic heterocycles. The Balaban J connectivity index is 2.00. The quantitative estimate of drug-likeness (QED) is 0.187. The first-order valence-electron chi connectivity index (χ1n) is 12.5. The first-order chi connectivity index (χ1) is 17.3. The first kappa shape index (κ1) is 27.3. The zero-order valence-corrected chi connectivity index (χ0v) is 21.9. The second kappa shape index (κ2) is 12.6. The highest BCUT2D eigenvalue weighted by molar-refractivity contribution is 6.46. The number of methoxy groups -OCH3 is 1. The summed E-state index contributed by atoms with van der Waals surface area (Å²) in [5, 5.41) is 11.3. The molecule has 2 aromatic rings. The molecule has 3 rings (SSSR count). The van der Waals surface area contributed by atoms with Gasteiger partial charge in [0.25, 0.3) is 11.7 Å². The van der Waals surface area contributed by atoms with Gasteiger partial charge in [-0.1, -0.05) is 39.3 Å². The summed E-state index contributed by atoms with van der Waals surface area (Å²) in [5.41, 5.74) is 2.06. The van der Waals surface area contributed by atoms with Crippen molar-refractivity contribution in [3.8, 4) is 11.5 Å². The minimum atomic E-state index is -0.734. The highest BCUT2D eigenvalue weighted by Gasteiger charge is 2.45. The molecule has 0 radical (unpaired) electrons. The molecular weight excluding hydrogens is 458 g/mol. The lowest BCUT2D eigenvalue weighted by Crippen LogP contribution is -2.32. The van der Waals surface area contributed by atoms with Gasteiger partial charge in [-0.05, 0) is 60.7 Å². The number of carbonyl (C=O) groups excluding carboxylic acids is 2. The number of hydrogen-bond acceptors (Lipinski definition) is 6. The van der Waals surface area contributed by atoms with Crippen LogP contribution in [0.5, 0.6) is 11.5 Å². The predicted octanol–water partition coefficient (Wildman–Crippen LogP) is 5.28. The van der Waals surface area contributed by atoms with E-state index in [0.29, 0.717) is 36.0 Å². The molecule has 7 nitrogen and oxygen atoms in total. The number of carbonyl (C=O) groups is 2. The highest BCUT2D eigenvalue weighted by atomic mass is 16.5. The first-order valence-corrected chi connectivity index (χ1v) is 12.5. The Hall–Kier alpha value is -3.32. The van der Waals surface area contributed by atoms with Crippen LogP contribution in [0.2, 0.25) is 0 Å². The third-order valence-electron chi connectivity index (χ3n) is 6.06. The molecule has 1 aliphatic rings. The van der Waals surface area contributed by atoms with Gasteiger partial charge < -0.3 is 24.2 Å². The number of ketones is 1. The third kappa shape index (κ3) is 6.26. The molecule has 0 spiro atoms. The second-order valence-corrected chi connectivity index (χ2v) is 9.44. The number of aliphatic hydroxyl groups is 1. The van der Waals surface area contributed by atoms with Crippen LogP contribution in [-0.2, 0) is 14.3 Å². The van der Waals surface area contributed by atoms with Crippen molar-refractivity contribution < 1.29 is 28.9 Å². The number of Topliss-reactive ketones (excluding diaryl/α,β-unsaturated/α-hetero) is 1. The van der Waals surface area contributed by atoms with E-state index in [2.05, 4.69) is 20.8 Å². The Bertz CT molecular complexity index is 1090. The maximum absolute atomic E-state index is 13.1. The Morgan fingerprint density at radius 3 is 2.39 bits per heavy atom. The van der Waals surface area contributed by atoms with E-state index < -0.39 is 17.7 Å². The normalized spacial score (nSPS) is 17.2. The summed E-state index contributed by atoms with van der Waals surface area (Å²) in [6.07, 6.45) is 2.00. The van der Waals surface area contributed by atoms with Gasteiger partial charge in [0, 0.05) is 19.2 Å². The molecule has 36 heavy (non-hydrogen) atoms. The molecule has 1 atom stereocenters. The van der Waals surface area contributed by atoms with Crippen LogP contribution in [0, 0.1) is 12.8 Å². The monoisotopic (exact) mass is 495 g/mol. The lowest BCUT2D eigenvalue weighted by molar-refractivity contribution is -0.140. The lowest BCUT2D eigenvalue weighted by atomic mass is 9.94. The molecule has 1 saturated heterocycles. The summed E-state index contributed by atoms with van der Waals surface area (Å²) in [6.45, 7) is 9.82. The van der Waals surface area contributed by atoms with Crippen molar-refractivity contribution in [3.05, 3.63) is 64.7 Å². The molecule has 0 saturated carbocycles. The van der Waals surface area contributed by atoms with Crippen molar-refractivity contribution in [3.63, 3.8) is 0 Å². The summed E-state index contributed by atoms with van der Waals surface area (Å²) >= 11 is 0. The maximum Gasteiger partial charge on any atom is 0.295 e. The number of aliphatic hydroxyl groups excluding tert-OH is 1. The fourth-order valence-electron chi connectivity index (χ4n) is 4.10. The minimum Gasteiger partial charge on any atom is -0.507 e. The van der Waals surface area contributed by atoms with Crippen molar-refractivity contribution in [1.29, 1.82) is 0 Å². The van der Waals surface area contributed by atoms with Gasteiger partial charge in [-0.15, -0.1) is 0 Å². The number of aryl methyl sites for hydroxylation is 1. The fraction of sp³-hybridized carbons (Fsp3) is 0.448. The number of unbranched alkanes of at least 4 members (excludes halogenated alkanes) is 1. The molecule has 1 aliphatic heterocycles.